The summed E-state index contributed by atoms with van der Waals surface area (Å²) in [5.74, 6) is 1.23. The molecule has 4 rings (SSSR count). The Morgan fingerprint density at radius 3 is 1.48 bits per heavy atom. The van der Waals surface area contributed by atoms with E-state index in [-0.39, 0.29) is 35.7 Å². The van der Waals surface area contributed by atoms with Crippen molar-refractivity contribution in [3.8, 4) is 0 Å². The van der Waals surface area contributed by atoms with Crippen LogP contribution in [0.5, 0.6) is 0 Å². The molecule has 0 unspecified atom stereocenters. The van der Waals surface area contributed by atoms with Crippen molar-refractivity contribution in [2.45, 2.75) is 116 Å². The SMILES string of the molecule is COC(=O)N[C@@H](C(=O)N1CCC[C@@H]1c1ncc(CCCCCCc2cnc([C@H]3CCCN3C(=O)[C@H](NC(=O)OC)C(C)C)[nH]2)[nH]1)C(C)C. The number of amides is 4. The van der Waals surface area contributed by atoms with E-state index >= 15 is 0 Å². The average Bonchev–Trinajstić information content (AvgIpc) is 3.89. The minimum Gasteiger partial charge on any atom is -0.453 e. The fraction of sp³-hybridized carbons (Fsp3) is 0.706. The van der Waals surface area contributed by atoms with Gasteiger partial charge in [0.25, 0.3) is 0 Å². The smallest absolute Gasteiger partial charge is 0.407 e. The van der Waals surface area contributed by atoms with E-state index in [0.29, 0.717) is 13.1 Å². The van der Waals surface area contributed by atoms with Crippen molar-refractivity contribution in [1.29, 1.82) is 0 Å². The first-order valence-electron chi connectivity index (χ1n) is 17.4. The zero-order valence-electron chi connectivity index (χ0n) is 29.3. The number of aryl methyl sites for hydroxylation is 2. The van der Waals surface area contributed by atoms with E-state index in [0.717, 1.165) is 87.2 Å². The number of carbonyl (C=O) groups is 4. The second-order valence-corrected chi connectivity index (χ2v) is 13.6. The predicted molar refractivity (Wildman–Crippen MR) is 179 cm³/mol. The summed E-state index contributed by atoms with van der Waals surface area (Å²) in [4.78, 5) is 70.3. The van der Waals surface area contributed by atoms with E-state index in [1.807, 2.05) is 49.9 Å². The summed E-state index contributed by atoms with van der Waals surface area (Å²) in [6, 6.07) is -1.56. The van der Waals surface area contributed by atoms with Gasteiger partial charge in [-0.2, -0.15) is 0 Å². The fourth-order valence-corrected chi connectivity index (χ4v) is 6.72. The molecule has 0 spiro atoms. The van der Waals surface area contributed by atoms with Crippen molar-refractivity contribution in [2.24, 2.45) is 11.8 Å². The van der Waals surface area contributed by atoms with Gasteiger partial charge in [-0.25, -0.2) is 19.6 Å². The van der Waals surface area contributed by atoms with E-state index in [1.165, 1.54) is 14.2 Å². The third kappa shape index (κ3) is 9.28. The monoisotopic (exact) mass is 670 g/mol. The summed E-state index contributed by atoms with van der Waals surface area (Å²) < 4.78 is 9.46. The third-order valence-corrected chi connectivity index (χ3v) is 9.42. The Labute approximate surface area is 283 Å². The van der Waals surface area contributed by atoms with Gasteiger partial charge in [-0.3, -0.25) is 9.59 Å². The summed E-state index contributed by atoms with van der Waals surface area (Å²) in [6.45, 7) is 8.90. The molecule has 0 aliphatic carbocycles. The number of hydrogen-bond acceptors (Lipinski definition) is 8. The Balaban J connectivity index is 1.21. The summed E-state index contributed by atoms with van der Waals surface area (Å²) in [6.07, 6.45) is 11.9. The van der Waals surface area contributed by atoms with E-state index < -0.39 is 24.3 Å². The highest BCUT2D eigenvalue weighted by Crippen LogP contribution is 2.33. The highest BCUT2D eigenvalue weighted by atomic mass is 16.5. The molecular weight excluding hydrogens is 616 g/mol. The Morgan fingerprint density at radius 1 is 0.729 bits per heavy atom. The van der Waals surface area contributed by atoms with Gasteiger partial charge in [-0.15, -0.1) is 0 Å². The number of hydrogen-bond donors (Lipinski definition) is 4. The van der Waals surface area contributed by atoms with E-state index in [1.54, 1.807) is 0 Å². The van der Waals surface area contributed by atoms with Crippen LogP contribution in [0.4, 0.5) is 9.59 Å². The van der Waals surface area contributed by atoms with Crippen molar-refractivity contribution in [1.82, 2.24) is 40.4 Å². The van der Waals surface area contributed by atoms with Crippen LogP contribution in [0.2, 0.25) is 0 Å². The Morgan fingerprint density at radius 2 is 1.12 bits per heavy atom. The number of rotatable bonds is 15. The molecule has 0 saturated carbocycles. The number of likely N-dealkylation sites (tertiary alicyclic amines) is 2. The van der Waals surface area contributed by atoms with Crippen LogP contribution in [0.1, 0.15) is 114 Å². The third-order valence-electron chi connectivity index (χ3n) is 9.42. The van der Waals surface area contributed by atoms with Crippen LogP contribution < -0.4 is 10.6 Å². The lowest BCUT2D eigenvalue weighted by Gasteiger charge is -2.30. The molecule has 0 aromatic carbocycles. The number of carbonyl (C=O) groups excluding carboxylic acids is 4. The fourth-order valence-electron chi connectivity index (χ4n) is 6.72. The number of unbranched alkanes of at least 4 members (excludes halogenated alkanes) is 3. The molecule has 266 valence electrons. The zero-order valence-corrected chi connectivity index (χ0v) is 29.3. The van der Waals surface area contributed by atoms with Crippen molar-refractivity contribution in [2.75, 3.05) is 27.3 Å². The Bertz CT molecular complexity index is 1270. The van der Waals surface area contributed by atoms with E-state index in [2.05, 4.69) is 30.6 Å². The molecule has 2 fully saturated rings. The number of aromatic amines is 2. The zero-order chi connectivity index (χ0) is 34.8. The van der Waals surface area contributed by atoms with Crippen molar-refractivity contribution in [3.63, 3.8) is 0 Å². The number of methoxy groups -OCH3 is 2. The minimum atomic E-state index is -0.651. The van der Waals surface area contributed by atoms with Crippen LogP contribution in [0.3, 0.4) is 0 Å². The van der Waals surface area contributed by atoms with Gasteiger partial charge < -0.3 is 39.9 Å². The first-order valence-corrected chi connectivity index (χ1v) is 17.4. The molecule has 2 saturated heterocycles. The minimum absolute atomic E-state index is 0.0745. The molecule has 4 atom stereocenters. The van der Waals surface area contributed by atoms with Gasteiger partial charge in [0.15, 0.2) is 0 Å². The maximum Gasteiger partial charge on any atom is 0.407 e. The summed E-state index contributed by atoms with van der Waals surface area (Å²) in [5.41, 5.74) is 2.13. The molecule has 0 radical (unpaired) electrons. The molecule has 14 heteroatoms. The molecule has 48 heavy (non-hydrogen) atoms. The molecule has 0 bridgehead atoms. The van der Waals surface area contributed by atoms with Gasteiger partial charge >= 0.3 is 12.2 Å². The van der Waals surface area contributed by atoms with Crippen LogP contribution in [0, 0.1) is 11.8 Å². The predicted octanol–water partition coefficient (Wildman–Crippen LogP) is 4.57. The summed E-state index contributed by atoms with van der Waals surface area (Å²) >= 11 is 0. The van der Waals surface area contributed by atoms with E-state index in [9.17, 15) is 19.2 Å². The van der Waals surface area contributed by atoms with Crippen LogP contribution >= 0.6 is 0 Å². The normalized spacial score (nSPS) is 19.1. The van der Waals surface area contributed by atoms with Crippen LogP contribution in [-0.4, -0.2) is 93.1 Å². The number of alkyl carbamates (subject to hydrolysis) is 2. The highest BCUT2D eigenvalue weighted by molar-refractivity contribution is 5.87. The molecule has 4 heterocycles. The largest absolute Gasteiger partial charge is 0.453 e. The van der Waals surface area contributed by atoms with Crippen molar-refractivity contribution in [3.05, 3.63) is 35.4 Å². The molecule has 2 aromatic heterocycles. The van der Waals surface area contributed by atoms with Crippen LogP contribution in [0.15, 0.2) is 12.4 Å². The van der Waals surface area contributed by atoms with Crippen LogP contribution in [-0.2, 0) is 31.9 Å². The number of aromatic nitrogens is 4. The van der Waals surface area contributed by atoms with Crippen LogP contribution in [0.25, 0.3) is 0 Å². The molecule has 14 nitrogen and oxygen atoms in total. The van der Waals surface area contributed by atoms with Gasteiger partial charge in [0.1, 0.15) is 23.7 Å². The topological polar surface area (TPSA) is 175 Å². The highest BCUT2D eigenvalue weighted by Gasteiger charge is 2.38. The number of nitrogens with zero attached hydrogens (tertiary/aromatic N) is 4. The summed E-state index contributed by atoms with van der Waals surface area (Å²) in [7, 11) is 2.59. The maximum atomic E-state index is 13.4. The quantitative estimate of drug-likeness (QED) is 0.199. The van der Waals surface area contributed by atoms with Crippen molar-refractivity contribution < 1.29 is 28.7 Å². The lowest BCUT2D eigenvalue weighted by molar-refractivity contribution is -0.136. The van der Waals surface area contributed by atoms with Gasteiger partial charge in [0.05, 0.1) is 26.3 Å². The van der Waals surface area contributed by atoms with Crippen molar-refractivity contribution >= 4 is 24.0 Å². The Hall–Kier alpha value is -4.10. The number of nitrogens with one attached hydrogen (secondary N) is 4. The standard InChI is InChI=1S/C34H54N8O6/c1-21(2)27(39-33(45)47-5)31(43)41-17-11-15-25(41)29-35-19-23(37-29)13-9-7-8-10-14-24-20-36-30(38-24)26-16-12-18-42(26)32(44)28(22(3)4)40-34(46)48-6/h19-22,25-28H,7-18H2,1-6H3,(H,35,37)(H,36,38)(H,39,45)(H,40,46)/t25-,26-,27-,28-/m1/s1. The first kappa shape index (κ1) is 36.7. The number of ether oxygens (including phenoxy) is 2. The molecule has 4 N–H and O–H groups in total. The summed E-state index contributed by atoms with van der Waals surface area (Å²) in [5, 5.41) is 5.38. The second-order valence-electron chi connectivity index (χ2n) is 13.6. The average molecular weight is 671 g/mol. The van der Waals surface area contributed by atoms with E-state index in [4.69, 9.17) is 9.47 Å². The molecule has 2 aliphatic heterocycles. The van der Waals surface area contributed by atoms with Gasteiger partial charge in [-0.1, -0.05) is 40.5 Å². The molecular formula is C34H54N8O6. The second kappa shape index (κ2) is 17.3. The number of H-pyrrole nitrogens is 2. The molecule has 2 aliphatic rings. The maximum absolute atomic E-state index is 13.4. The molecule has 2 aromatic rings. The van der Waals surface area contributed by atoms with Gasteiger partial charge in [0.2, 0.25) is 11.8 Å². The number of imidazole rings is 2. The lowest BCUT2D eigenvalue weighted by Crippen LogP contribution is -2.51. The Kier molecular flexibility index (Phi) is 13.3. The first-order chi connectivity index (χ1) is 23.0. The van der Waals surface area contributed by atoms with Gasteiger partial charge in [-0.05, 0) is 63.2 Å². The van der Waals surface area contributed by atoms with Gasteiger partial charge in [0, 0.05) is 36.9 Å². The molecule has 4 amide bonds. The lowest BCUT2D eigenvalue weighted by atomic mass is 10.0.